The molecular formula is C16H28N4. The van der Waals surface area contributed by atoms with Gasteiger partial charge >= 0.3 is 0 Å². The Morgan fingerprint density at radius 3 is 2.70 bits per heavy atom. The smallest absolute Gasteiger partial charge is 0.0537 e. The molecule has 2 atom stereocenters. The monoisotopic (exact) mass is 276 g/mol. The molecule has 4 heteroatoms. The Morgan fingerprint density at radius 1 is 1.30 bits per heavy atom. The third-order valence-corrected chi connectivity index (χ3v) is 4.86. The Kier molecular flexibility index (Phi) is 4.13. The fraction of sp³-hybridized carbons (Fsp3) is 0.812. The number of aromatic nitrogens is 2. The summed E-state index contributed by atoms with van der Waals surface area (Å²) < 4.78 is 2.08. The molecule has 1 aliphatic carbocycles. The van der Waals surface area contributed by atoms with Gasteiger partial charge in [0, 0.05) is 29.9 Å². The van der Waals surface area contributed by atoms with Gasteiger partial charge in [0.1, 0.15) is 0 Å². The molecule has 112 valence electrons. The van der Waals surface area contributed by atoms with Crippen molar-refractivity contribution in [2.45, 2.75) is 64.1 Å². The summed E-state index contributed by atoms with van der Waals surface area (Å²) in [5.74, 6) is 0.586. The van der Waals surface area contributed by atoms with Crippen LogP contribution in [0.3, 0.4) is 0 Å². The largest absolute Gasteiger partial charge is 0.330 e. The van der Waals surface area contributed by atoms with Crippen LogP contribution in [0.5, 0.6) is 0 Å². The minimum atomic E-state index is 0.431. The molecule has 2 fully saturated rings. The SMILES string of the molecule is CC(C)n1cc(C2C(CN)CCCCN2C2CC2)cn1. The Labute approximate surface area is 122 Å². The summed E-state index contributed by atoms with van der Waals surface area (Å²) in [6.07, 6.45) is 11.0. The fourth-order valence-corrected chi connectivity index (χ4v) is 3.58. The lowest BCUT2D eigenvalue weighted by molar-refractivity contribution is 0.149. The molecule has 0 aromatic carbocycles. The predicted molar refractivity (Wildman–Crippen MR) is 81.5 cm³/mol. The highest BCUT2D eigenvalue weighted by Crippen LogP contribution is 2.41. The molecule has 2 aliphatic rings. The number of hydrogen-bond donors (Lipinski definition) is 1. The zero-order chi connectivity index (χ0) is 14.1. The molecule has 0 amide bonds. The van der Waals surface area contributed by atoms with E-state index in [1.54, 1.807) is 0 Å². The van der Waals surface area contributed by atoms with E-state index < -0.39 is 0 Å². The van der Waals surface area contributed by atoms with E-state index in [1.165, 1.54) is 44.2 Å². The second kappa shape index (κ2) is 5.86. The lowest BCUT2D eigenvalue weighted by Crippen LogP contribution is -2.37. The summed E-state index contributed by atoms with van der Waals surface area (Å²) in [7, 11) is 0. The maximum absolute atomic E-state index is 6.10. The molecule has 0 radical (unpaired) electrons. The summed E-state index contributed by atoms with van der Waals surface area (Å²) in [5, 5.41) is 4.55. The minimum absolute atomic E-state index is 0.431. The van der Waals surface area contributed by atoms with Crippen molar-refractivity contribution in [2.24, 2.45) is 11.7 Å². The first kappa shape index (κ1) is 14.1. The first-order chi connectivity index (χ1) is 9.70. The Hall–Kier alpha value is -0.870. The van der Waals surface area contributed by atoms with Crippen molar-refractivity contribution >= 4 is 0 Å². The van der Waals surface area contributed by atoms with Crippen molar-refractivity contribution in [3.63, 3.8) is 0 Å². The van der Waals surface area contributed by atoms with Gasteiger partial charge in [0.05, 0.1) is 6.20 Å². The third-order valence-electron chi connectivity index (χ3n) is 4.86. The van der Waals surface area contributed by atoms with Gasteiger partial charge < -0.3 is 5.73 Å². The average Bonchev–Trinajstić information content (AvgIpc) is 3.19. The van der Waals surface area contributed by atoms with Crippen LogP contribution in [-0.2, 0) is 0 Å². The number of likely N-dealkylation sites (tertiary alicyclic amines) is 1. The van der Waals surface area contributed by atoms with E-state index in [0.717, 1.165) is 12.6 Å². The molecular weight excluding hydrogens is 248 g/mol. The molecule has 0 bridgehead atoms. The second-order valence-electron chi connectivity index (χ2n) is 6.75. The molecule has 1 aromatic rings. The topological polar surface area (TPSA) is 47.1 Å². The lowest BCUT2D eigenvalue weighted by atomic mass is 9.90. The van der Waals surface area contributed by atoms with E-state index in [9.17, 15) is 0 Å². The summed E-state index contributed by atoms with van der Waals surface area (Å²) >= 11 is 0. The van der Waals surface area contributed by atoms with E-state index in [0.29, 0.717) is 18.0 Å². The summed E-state index contributed by atoms with van der Waals surface area (Å²) in [6.45, 7) is 6.39. The highest BCUT2D eigenvalue weighted by molar-refractivity contribution is 5.15. The van der Waals surface area contributed by atoms with E-state index in [-0.39, 0.29) is 0 Å². The highest BCUT2D eigenvalue weighted by atomic mass is 15.3. The Balaban J connectivity index is 1.89. The van der Waals surface area contributed by atoms with Crippen molar-refractivity contribution in [1.29, 1.82) is 0 Å². The van der Waals surface area contributed by atoms with Gasteiger partial charge in [-0.25, -0.2) is 0 Å². The van der Waals surface area contributed by atoms with Crippen LogP contribution < -0.4 is 5.73 Å². The molecule has 0 spiro atoms. The van der Waals surface area contributed by atoms with Crippen LogP contribution in [0.25, 0.3) is 0 Å². The van der Waals surface area contributed by atoms with Gasteiger partial charge in [-0.3, -0.25) is 9.58 Å². The van der Waals surface area contributed by atoms with Crippen molar-refractivity contribution in [3.8, 4) is 0 Å². The van der Waals surface area contributed by atoms with Crippen LogP contribution >= 0.6 is 0 Å². The quantitative estimate of drug-likeness (QED) is 0.920. The van der Waals surface area contributed by atoms with Crippen molar-refractivity contribution in [1.82, 2.24) is 14.7 Å². The standard InChI is InChI=1S/C16H28N4/c1-12(2)20-11-14(10-18-20)16-13(9-17)5-3-4-8-19(16)15-6-7-15/h10-13,15-16H,3-9,17H2,1-2H3. The van der Waals surface area contributed by atoms with Gasteiger partial charge in [0.2, 0.25) is 0 Å². The summed E-state index contributed by atoms with van der Waals surface area (Å²) in [5.41, 5.74) is 7.47. The number of hydrogen-bond acceptors (Lipinski definition) is 3. The van der Waals surface area contributed by atoms with Gasteiger partial charge in [0.25, 0.3) is 0 Å². The first-order valence-corrected chi connectivity index (χ1v) is 8.20. The third kappa shape index (κ3) is 2.77. The zero-order valence-electron chi connectivity index (χ0n) is 12.8. The number of nitrogens with zero attached hydrogens (tertiary/aromatic N) is 3. The molecule has 1 saturated carbocycles. The number of rotatable bonds is 4. The van der Waals surface area contributed by atoms with Gasteiger partial charge in [-0.2, -0.15) is 5.10 Å². The minimum Gasteiger partial charge on any atom is -0.330 e. The molecule has 3 rings (SSSR count). The summed E-state index contributed by atoms with van der Waals surface area (Å²) in [6, 6.07) is 1.72. The fourth-order valence-electron chi connectivity index (χ4n) is 3.58. The maximum atomic E-state index is 6.10. The van der Waals surface area contributed by atoms with Gasteiger partial charge in [-0.05, 0) is 58.5 Å². The predicted octanol–water partition coefficient (Wildman–Crippen LogP) is 2.73. The maximum Gasteiger partial charge on any atom is 0.0537 e. The normalized spacial score (nSPS) is 28.8. The van der Waals surface area contributed by atoms with Crippen molar-refractivity contribution in [2.75, 3.05) is 13.1 Å². The molecule has 20 heavy (non-hydrogen) atoms. The Morgan fingerprint density at radius 2 is 2.10 bits per heavy atom. The van der Waals surface area contributed by atoms with Crippen molar-refractivity contribution in [3.05, 3.63) is 18.0 Å². The average molecular weight is 276 g/mol. The van der Waals surface area contributed by atoms with E-state index in [2.05, 4.69) is 40.9 Å². The molecule has 2 N–H and O–H groups in total. The van der Waals surface area contributed by atoms with Gasteiger partial charge in [-0.1, -0.05) is 6.42 Å². The zero-order valence-corrected chi connectivity index (χ0v) is 12.8. The molecule has 4 nitrogen and oxygen atoms in total. The van der Waals surface area contributed by atoms with Crippen LogP contribution in [-0.4, -0.2) is 33.8 Å². The van der Waals surface area contributed by atoms with Crippen LogP contribution in [0.2, 0.25) is 0 Å². The molecule has 2 heterocycles. The van der Waals surface area contributed by atoms with Crippen molar-refractivity contribution < 1.29 is 0 Å². The van der Waals surface area contributed by atoms with Gasteiger partial charge in [0.15, 0.2) is 0 Å². The van der Waals surface area contributed by atoms with Crippen LogP contribution in [0, 0.1) is 5.92 Å². The molecule has 1 aliphatic heterocycles. The first-order valence-electron chi connectivity index (χ1n) is 8.20. The highest BCUT2D eigenvalue weighted by Gasteiger charge is 2.39. The summed E-state index contributed by atoms with van der Waals surface area (Å²) in [4.78, 5) is 2.73. The molecule has 2 unspecified atom stereocenters. The van der Waals surface area contributed by atoms with E-state index in [1.807, 2.05) is 0 Å². The molecule has 1 saturated heterocycles. The Bertz CT molecular complexity index is 435. The lowest BCUT2D eigenvalue weighted by Gasteiger charge is -2.34. The molecule has 1 aromatic heterocycles. The van der Waals surface area contributed by atoms with Crippen LogP contribution in [0.15, 0.2) is 12.4 Å². The van der Waals surface area contributed by atoms with Crippen LogP contribution in [0.4, 0.5) is 0 Å². The van der Waals surface area contributed by atoms with Gasteiger partial charge in [-0.15, -0.1) is 0 Å². The van der Waals surface area contributed by atoms with E-state index in [4.69, 9.17) is 5.73 Å². The van der Waals surface area contributed by atoms with Crippen LogP contribution in [0.1, 0.15) is 63.6 Å². The van der Waals surface area contributed by atoms with E-state index >= 15 is 0 Å². The second-order valence-corrected chi connectivity index (χ2v) is 6.75. The number of nitrogens with two attached hydrogens (primary N) is 1.